The van der Waals surface area contributed by atoms with Crippen LogP contribution >= 0.6 is 0 Å². The van der Waals surface area contributed by atoms with Crippen molar-refractivity contribution in [2.45, 2.75) is 0 Å². The zero-order chi connectivity index (χ0) is 8.00. The predicted octanol–water partition coefficient (Wildman–Crippen LogP) is -0.533. The molecular formula is C4CoNaO4. The van der Waals surface area contributed by atoms with Crippen LogP contribution in [0, 0.1) is 26.6 Å². The van der Waals surface area contributed by atoms with E-state index in [9.17, 15) is 0 Å². The summed E-state index contributed by atoms with van der Waals surface area (Å²) in [5.74, 6) is 0. The number of hydrogen-bond donors (Lipinski definition) is 0. The Morgan fingerprint density at radius 3 is 0.500 bits per heavy atom. The standard InChI is InChI=1S/4CO.Co.Na/c4*1-2;;. The van der Waals surface area contributed by atoms with Crippen molar-refractivity contribution in [2.24, 2.45) is 0 Å². The molecule has 0 rings (SSSR count). The average Bonchev–Trinajstić information content (AvgIpc) is 2.03. The van der Waals surface area contributed by atoms with Gasteiger partial charge in [-0.25, -0.2) is 0 Å². The van der Waals surface area contributed by atoms with Crippen molar-refractivity contribution in [2.75, 3.05) is 0 Å². The van der Waals surface area contributed by atoms with Crippen LogP contribution in [0.4, 0.5) is 0 Å². The monoisotopic (exact) mass is 194 g/mol. The van der Waals surface area contributed by atoms with E-state index in [-0.39, 0.29) is 46.3 Å². The summed E-state index contributed by atoms with van der Waals surface area (Å²) in [5.41, 5.74) is 0. The Balaban J connectivity index is -0.00000000500. The van der Waals surface area contributed by atoms with E-state index in [1.54, 1.807) is 0 Å². The van der Waals surface area contributed by atoms with Crippen LogP contribution in [0.5, 0.6) is 0 Å². The van der Waals surface area contributed by atoms with Gasteiger partial charge in [0, 0.05) is 46.3 Å². The van der Waals surface area contributed by atoms with Crippen LogP contribution in [0.3, 0.4) is 0 Å². The molecule has 4 nitrogen and oxygen atoms in total. The molecule has 0 aliphatic heterocycles. The third-order valence-corrected chi connectivity index (χ3v) is 0. The van der Waals surface area contributed by atoms with Gasteiger partial charge in [0.1, 0.15) is 0 Å². The fourth-order valence-corrected chi connectivity index (χ4v) is 0. The van der Waals surface area contributed by atoms with Crippen LogP contribution in [0.15, 0.2) is 0 Å². The first-order chi connectivity index (χ1) is 4.00. The zero-order valence-corrected chi connectivity index (χ0v) is 8.01. The molecule has 0 fully saturated rings. The predicted molar refractivity (Wildman–Crippen MR) is 21.5 cm³/mol. The summed E-state index contributed by atoms with van der Waals surface area (Å²) in [5, 5.41) is 0. The Labute approximate surface area is 91.1 Å². The maximum absolute atomic E-state index is 7.50. The Bertz CT molecular complexity index is 60.2. The molecule has 0 N–H and O–H groups in total. The minimum Gasteiger partial charge on any atom is 0 e. The quantitative estimate of drug-likeness (QED) is 0.282. The van der Waals surface area contributed by atoms with Crippen LogP contribution in [-0.4, -0.2) is 29.6 Å². The average molecular weight is 194 g/mol. The summed E-state index contributed by atoms with van der Waals surface area (Å²) >= 11 is 0. The van der Waals surface area contributed by atoms with Crippen molar-refractivity contribution < 1.29 is 35.4 Å². The minimum atomic E-state index is 0. The van der Waals surface area contributed by atoms with E-state index in [1.807, 2.05) is 0 Å². The number of rotatable bonds is 0. The Morgan fingerprint density at radius 1 is 0.500 bits per heavy atom. The molecule has 10 heavy (non-hydrogen) atoms. The van der Waals surface area contributed by atoms with E-state index in [0.29, 0.717) is 0 Å². The fraction of sp³-hybridized carbons (Fsp3) is 0. The van der Waals surface area contributed by atoms with Crippen LogP contribution in [0.2, 0.25) is 0 Å². The number of hydrogen-bond acceptors (Lipinski definition) is 0. The van der Waals surface area contributed by atoms with Crippen LogP contribution in [0.25, 0.3) is 0 Å². The van der Waals surface area contributed by atoms with Crippen molar-refractivity contribution in [1.29, 1.82) is 0 Å². The topological polar surface area (TPSA) is 79.6 Å². The third-order valence-electron chi connectivity index (χ3n) is 0. The van der Waals surface area contributed by atoms with E-state index in [1.165, 1.54) is 0 Å². The molecule has 0 unspecified atom stereocenters. The third kappa shape index (κ3) is 2170. The van der Waals surface area contributed by atoms with Crippen molar-refractivity contribution in [1.82, 2.24) is 0 Å². The van der Waals surface area contributed by atoms with Crippen LogP contribution in [-0.2, 0) is 35.4 Å². The molecule has 0 saturated heterocycles. The fourth-order valence-electron chi connectivity index (χ4n) is 0. The van der Waals surface area contributed by atoms with Gasteiger partial charge in [-0.05, 0) is 0 Å². The van der Waals surface area contributed by atoms with Crippen LogP contribution < -0.4 is 0 Å². The summed E-state index contributed by atoms with van der Waals surface area (Å²) < 4.78 is 30.0. The van der Waals surface area contributed by atoms with Crippen LogP contribution in [0.1, 0.15) is 0 Å². The maximum atomic E-state index is 7.50. The maximum Gasteiger partial charge on any atom is 0 e. The summed E-state index contributed by atoms with van der Waals surface area (Å²) in [4.78, 5) is 0. The van der Waals surface area contributed by atoms with Gasteiger partial charge < -0.3 is 0 Å². The van der Waals surface area contributed by atoms with Gasteiger partial charge in [-0.2, -0.15) is 0 Å². The molecule has 2 radical (unpaired) electrons. The molecule has 0 spiro atoms. The van der Waals surface area contributed by atoms with E-state index in [0.717, 1.165) is 0 Å². The van der Waals surface area contributed by atoms with Crippen molar-refractivity contribution in [3.8, 4) is 0 Å². The molecule has 0 aliphatic carbocycles. The molecule has 0 atom stereocenters. The van der Waals surface area contributed by atoms with Crippen molar-refractivity contribution in [3.63, 3.8) is 0 Å². The summed E-state index contributed by atoms with van der Waals surface area (Å²) in [6.45, 7) is 18.0. The Morgan fingerprint density at radius 2 is 0.500 bits per heavy atom. The van der Waals surface area contributed by atoms with E-state index in [4.69, 9.17) is 18.6 Å². The Kier molecular flexibility index (Phi) is 14700. The van der Waals surface area contributed by atoms with E-state index in [2.05, 4.69) is 26.6 Å². The summed E-state index contributed by atoms with van der Waals surface area (Å²) in [7, 11) is 0. The molecule has 0 saturated carbocycles. The van der Waals surface area contributed by atoms with Gasteiger partial charge in [-0.15, -0.1) is 0 Å². The first-order valence-corrected chi connectivity index (χ1v) is 0.816. The Hall–Kier alpha value is 0.466. The van der Waals surface area contributed by atoms with Gasteiger partial charge in [0.2, 0.25) is 0 Å². The first kappa shape index (κ1) is 47.0. The van der Waals surface area contributed by atoms with Gasteiger partial charge in [-0.1, -0.05) is 0 Å². The first-order valence-electron chi connectivity index (χ1n) is 0.816. The van der Waals surface area contributed by atoms with E-state index < -0.39 is 0 Å². The van der Waals surface area contributed by atoms with Gasteiger partial charge in [-0.3, -0.25) is 0 Å². The molecule has 0 bridgehead atoms. The molecule has 0 amide bonds. The van der Waals surface area contributed by atoms with Gasteiger partial charge in [0.25, 0.3) is 0 Å². The zero-order valence-electron chi connectivity index (χ0n) is 4.97. The van der Waals surface area contributed by atoms with Crippen molar-refractivity contribution >= 4 is 29.6 Å². The van der Waals surface area contributed by atoms with Gasteiger partial charge in [0.05, 0.1) is 0 Å². The second-order valence-electron chi connectivity index (χ2n) is 0. The molecule has 0 aromatic heterocycles. The molecule has 0 aromatic carbocycles. The molecule has 6 heteroatoms. The second-order valence-corrected chi connectivity index (χ2v) is 0. The molecular weight excluding hydrogens is 194 g/mol. The normalized spacial score (nSPS) is 0.800. The smallest absolute Gasteiger partial charge is 0 e. The molecule has 0 aliphatic rings. The van der Waals surface area contributed by atoms with Gasteiger partial charge in [0.15, 0.2) is 0 Å². The molecule has 0 aromatic rings. The minimum absolute atomic E-state index is 0. The van der Waals surface area contributed by atoms with Crippen molar-refractivity contribution in [3.05, 3.63) is 26.6 Å². The largest absolute Gasteiger partial charge is 0 e. The molecule has 50 valence electrons. The second kappa shape index (κ2) is 3120. The van der Waals surface area contributed by atoms with E-state index >= 15 is 0 Å². The van der Waals surface area contributed by atoms with Gasteiger partial charge >= 0.3 is 45.2 Å². The molecule has 0 heterocycles. The summed E-state index contributed by atoms with van der Waals surface area (Å²) in [6, 6.07) is 0. The SMILES string of the molecule is [C-]#[O+].[C-]#[O+].[C-]#[O+].[C-]#[O+].[Co].[Na]. The summed E-state index contributed by atoms with van der Waals surface area (Å²) in [6.07, 6.45) is 0.